The van der Waals surface area contributed by atoms with Gasteiger partial charge in [-0.2, -0.15) is 0 Å². The van der Waals surface area contributed by atoms with Crippen LogP contribution in [0.1, 0.15) is 87.2 Å². The molecule has 0 bridgehead atoms. The standard InChI is InChI=1S/C29H45NO6/c1-6-18(2)8-7-9-22-16-25(30(4)5)23-14-20(15-27(35)28(23)29(22)36)13-21(10-11-31)24(17-32)26(34)12-19(3)33/h16,18,20-21,24,31-32,36H,6-15,17H2,1-5H3. The minimum atomic E-state index is -0.743. The fourth-order valence-electron chi connectivity index (χ4n) is 5.55. The van der Waals surface area contributed by atoms with Crippen LogP contribution in [0.3, 0.4) is 0 Å². The van der Waals surface area contributed by atoms with Crippen LogP contribution in [0, 0.1) is 23.7 Å². The van der Waals surface area contributed by atoms with Gasteiger partial charge in [0.05, 0.1) is 18.6 Å². The molecular formula is C29H45NO6. The van der Waals surface area contributed by atoms with Crippen LogP contribution in [-0.2, 0) is 22.4 Å². The molecule has 0 saturated heterocycles. The summed E-state index contributed by atoms with van der Waals surface area (Å²) < 4.78 is 0. The maximum atomic E-state index is 13.3. The molecule has 1 aromatic rings. The zero-order valence-electron chi connectivity index (χ0n) is 22.7. The molecule has 1 aromatic carbocycles. The number of fused-ring (bicyclic) bond motifs is 1. The van der Waals surface area contributed by atoms with Gasteiger partial charge in [0, 0.05) is 38.7 Å². The van der Waals surface area contributed by atoms with Gasteiger partial charge in [0.1, 0.15) is 17.3 Å². The molecule has 3 N–H and O–H groups in total. The topological polar surface area (TPSA) is 115 Å². The van der Waals surface area contributed by atoms with Gasteiger partial charge in [-0.3, -0.25) is 14.4 Å². The van der Waals surface area contributed by atoms with Crippen molar-refractivity contribution in [2.24, 2.45) is 23.7 Å². The Morgan fingerprint density at radius 1 is 1.17 bits per heavy atom. The van der Waals surface area contributed by atoms with Crippen molar-refractivity contribution in [1.82, 2.24) is 0 Å². The van der Waals surface area contributed by atoms with Gasteiger partial charge < -0.3 is 20.2 Å². The molecule has 0 spiro atoms. The first kappa shape index (κ1) is 30.0. The van der Waals surface area contributed by atoms with Gasteiger partial charge in [0.2, 0.25) is 0 Å². The summed E-state index contributed by atoms with van der Waals surface area (Å²) in [6, 6.07) is 2.00. The van der Waals surface area contributed by atoms with Gasteiger partial charge in [0.15, 0.2) is 5.78 Å². The highest BCUT2D eigenvalue weighted by Gasteiger charge is 2.35. The fourth-order valence-corrected chi connectivity index (χ4v) is 5.55. The van der Waals surface area contributed by atoms with Crippen molar-refractivity contribution < 1.29 is 29.7 Å². The first-order valence-corrected chi connectivity index (χ1v) is 13.4. The number of carbonyl (C=O) groups is 3. The van der Waals surface area contributed by atoms with Crippen LogP contribution in [0.25, 0.3) is 0 Å². The second-order valence-corrected chi connectivity index (χ2v) is 10.9. The quantitative estimate of drug-likeness (QED) is 0.308. The first-order chi connectivity index (χ1) is 17.0. The monoisotopic (exact) mass is 503 g/mol. The molecule has 7 heteroatoms. The van der Waals surface area contributed by atoms with Crippen LogP contribution >= 0.6 is 0 Å². The van der Waals surface area contributed by atoms with Crippen molar-refractivity contribution >= 4 is 23.0 Å². The van der Waals surface area contributed by atoms with E-state index in [9.17, 15) is 29.7 Å². The van der Waals surface area contributed by atoms with E-state index in [2.05, 4.69) is 13.8 Å². The number of carbonyl (C=O) groups excluding carboxylic acids is 3. The molecule has 0 heterocycles. The number of phenols is 1. The predicted molar refractivity (Wildman–Crippen MR) is 142 cm³/mol. The van der Waals surface area contributed by atoms with Crippen molar-refractivity contribution in [3.8, 4) is 5.75 Å². The Morgan fingerprint density at radius 3 is 2.42 bits per heavy atom. The maximum Gasteiger partial charge on any atom is 0.167 e. The highest BCUT2D eigenvalue weighted by molar-refractivity contribution is 6.03. The number of benzene rings is 1. The van der Waals surface area contributed by atoms with E-state index in [4.69, 9.17) is 0 Å². The number of hydrogen-bond donors (Lipinski definition) is 3. The number of aliphatic hydroxyl groups excluding tert-OH is 2. The van der Waals surface area contributed by atoms with Crippen LogP contribution in [0.5, 0.6) is 5.75 Å². The average Bonchev–Trinajstić information content (AvgIpc) is 2.79. The zero-order valence-corrected chi connectivity index (χ0v) is 22.7. The number of phenolic OH excluding ortho intramolecular Hbond substituents is 1. The SMILES string of the molecule is CCC(C)CCCc1cc(N(C)C)c2c(c1O)C(=O)CC(CC(CCO)C(CO)C(=O)CC(C)=O)C2. The Hall–Kier alpha value is -2.25. The average molecular weight is 504 g/mol. The summed E-state index contributed by atoms with van der Waals surface area (Å²) in [6.45, 7) is 5.21. The number of rotatable bonds is 15. The molecule has 0 fully saturated rings. The molecule has 36 heavy (non-hydrogen) atoms. The van der Waals surface area contributed by atoms with E-state index in [0.717, 1.165) is 42.5 Å². The van der Waals surface area contributed by atoms with Crippen LogP contribution < -0.4 is 4.90 Å². The van der Waals surface area contributed by atoms with E-state index in [1.807, 2.05) is 25.1 Å². The number of aliphatic hydroxyl groups is 2. The smallest absolute Gasteiger partial charge is 0.167 e. The molecule has 4 atom stereocenters. The third kappa shape index (κ3) is 7.62. The molecule has 4 unspecified atom stereocenters. The van der Waals surface area contributed by atoms with E-state index < -0.39 is 12.5 Å². The number of aromatic hydroxyl groups is 1. The van der Waals surface area contributed by atoms with Crippen molar-refractivity contribution in [3.63, 3.8) is 0 Å². The molecule has 1 aliphatic carbocycles. The number of hydrogen-bond acceptors (Lipinski definition) is 7. The molecule has 0 aliphatic heterocycles. The minimum Gasteiger partial charge on any atom is -0.507 e. The van der Waals surface area contributed by atoms with E-state index >= 15 is 0 Å². The third-order valence-corrected chi connectivity index (χ3v) is 7.77. The Bertz CT molecular complexity index is 925. The number of aryl methyl sites for hydroxylation is 1. The minimum absolute atomic E-state index is 0.0879. The summed E-state index contributed by atoms with van der Waals surface area (Å²) in [5, 5.41) is 30.6. The number of anilines is 1. The van der Waals surface area contributed by atoms with Gasteiger partial charge in [0.25, 0.3) is 0 Å². The summed E-state index contributed by atoms with van der Waals surface area (Å²) in [6.07, 6.45) is 5.22. The maximum absolute atomic E-state index is 13.3. The van der Waals surface area contributed by atoms with Gasteiger partial charge in [-0.25, -0.2) is 0 Å². The Morgan fingerprint density at radius 2 is 1.86 bits per heavy atom. The highest BCUT2D eigenvalue weighted by Crippen LogP contribution is 2.42. The second kappa shape index (κ2) is 13.9. The van der Waals surface area contributed by atoms with Crippen molar-refractivity contribution in [3.05, 3.63) is 22.8 Å². The molecule has 0 radical (unpaired) electrons. The molecule has 1 aliphatic rings. The molecule has 0 aromatic heterocycles. The van der Waals surface area contributed by atoms with Crippen molar-refractivity contribution in [2.75, 3.05) is 32.2 Å². The molecular weight excluding hydrogens is 458 g/mol. The van der Waals surface area contributed by atoms with Gasteiger partial charge >= 0.3 is 0 Å². The first-order valence-electron chi connectivity index (χ1n) is 13.4. The zero-order chi connectivity index (χ0) is 27.0. The molecule has 2 rings (SSSR count). The van der Waals surface area contributed by atoms with Crippen LogP contribution in [0.2, 0.25) is 0 Å². The van der Waals surface area contributed by atoms with E-state index in [1.54, 1.807) is 0 Å². The number of nitrogens with zero attached hydrogens (tertiary/aromatic N) is 1. The number of Topliss-reactive ketones (excluding diaryl/α,β-unsaturated/α-hetero) is 3. The van der Waals surface area contributed by atoms with Gasteiger partial charge in [-0.15, -0.1) is 0 Å². The van der Waals surface area contributed by atoms with Crippen molar-refractivity contribution in [1.29, 1.82) is 0 Å². The van der Waals surface area contributed by atoms with Crippen LogP contribution in [-0.4, -0.2) is 60.0 Å². The molecule has 7 nitrogen and oxygen atoms in total. The molecule has 202 valence electrons. The van der Waals surface area contributed by atoms with Crippen LogP contribution in [0.4, 0.5) is 5.69 Å². The van der Waals surface area contributed by atoms with E-state index in [0.29, 0.717) is 30.7 Å². The summed E-state index contributed by atoms with van der Waals surface area (Å²) in [5.41, 5.74) is 2.97. The summed E-state index contributed by atoms with van der Waals surface area (Å²) in [4.78, 5) is 39.4. The summed E-state index contributed by atoms with van der Waals surface area (Å²) in [5.74, 6) is -1.13. The fraction of sp³-hybridized carbons (Fsp3) is 0.690. The Labute approximate surface area is 215 Å². The van der Waals surface area contributed by atoms with Crippen molar-refractivity contribution in [2.45, 2.75) is 78.6 Å². The van der Waals surface area contributed by atoms with E-state index in [-0.39, 0.29) is 54.4 Å². The Balaban J connectivity index is 2.32. The largest absolute Gasteiger partial charge is 0.507 e. The highest BCUT2D eigenvalue weighted by atomic mass is 16.3. The summed E-state index contributed by atoms with van der Waals surface area (Å²) in [7, 11) is 3.86. The van der Waals surface area contributed by atoms with E-state index in [1.165, 1.54) is 6.92 Å². The number of ketones is 3. The lowest BCUT2D eigenvalue weighted by molar-refractivity contribution is -0.131. The Kier molecular flexibility index (Phi) is 11.6. The predicted octanol–water partition coefficient (Wildman–Crippen LogP) is 4.12. The molecule has 0 saturated carbocycles. The second-order valence-electron chi connectivity index (χ2n) is 10.9. The molecule has 0 amide bonds. The van der Waals surface area contributed by atoms with Gasteiger partial charge in [-0.1, -0.05) is 26.7 Å². The third-order valence-electron chi connectivity index (χ3n) is 7.77. The summed E-state index contributed by atoms with van der Waals surface area (Å²) >= 11 is 0. The van der Waals surface area contributed by atoms with Gasteiger partial charge in [-0.05, 0) is 74.0 Å². The lowest BCUT2D eigenvalue weighted by Crippen LogP contribution is -2.33. The normalized spacial score (nSPS) is 17.9. The lowest BCUT2D eigenvalue weighted by Gasteiger charge is -2.33. The van der Waals surface area contributed by atoms with Crippen LogP contribution in [0.15, 0.2) is 6.07 Å². The lowest BCUT2D eigenvalue weighted by atomic mass is 9.73.